The molecule has 0 fully saturated rings. The van der Waals surface area contributed by atoms with E-state index in [9.17, 15) is 0 Å². The average molecular weight is 196 g/mol. The molecule has 0 spiro atoms. The van der Waals surface area contributed by atoms with Gasteiger partial charge in [0.25, 0.3) is 0 Å². The van der Waals surface area contributed by atoms with Gasteiger partial charge in [0.1, 0.15) is 5.54 Å². The summed E-state index contributed by atoms with van der Waals surface area (Å²) in [5.41, 5.74) is 11.2. The van der Waals surface area contributed by atoms with Gasteiger partial charge in [-0.15, -0.1) is 0 Å². The number of nitrogens with one attached hydrogen (secondary N) is 1. The summed E-state index contributed by atoms with van der Waals surface area (Å²) < 4.78 is 0. The van der Waals surface area contributed by atoms with Gasteiger partial charge in [-0.05, 0) is 32.7 Å². The summed E-state index contributed by atoms with van der Waals surface area (Å²) in [5.74, 6) is 0. The lowest BCUT2D eigenvalue weighted by atomic mass is 9.98. The monoisotopic (exact) mass is 196 g/mol. The number of rotatable bonds is 7. The third kappa shape index (κ3) is 6.46. The van der Waals surface area contributed by atoms with Gasteiger partial charge in [-0.1, -0.05) is 6.58 Å². The van der Waals surface area contributed by atoms with E-state index in [0.717, 1.165) is 25.1 Å². The first-order chi connectivity index (χ1) is 6.52. The topological polar surface area (TPSA) is 87.9 Å². The summed E-state index contributed by atoms with van der Waals surface area (Å²) in [5, 5.41) is 11.8. The molecule has 0 amide bonds. The van der Waals surface area contributed by atoms with Crippen LogP contribution in [-0.4, -0.2) is 18.6 Å². The van der Waals surface area contributed by atoms with Crippen LogP contribution >= 0.6 is 0 Å². The van der Waals surface area contributed by atoms with Gasteiger partial charge in [-0.2, -0.15) is 5.26 Å². The van der Waals surface area contributed by atoms with Crippen LogP contribution in [0.1, 0.15) is 26.2 Å². The maximum absolute atomic E-state index is 8.68. The quantitative estimate of drug-likeness (QED) is 0.516. The minimum atomic E-state index is -0.752. The Morgan fingerprint density at radius 2 is 2.29 bits per heavy atom. The number of hydrogen-bond donors (Lipinski definition) is 3. The molecule has 0 aromatic heterocycles. The maximum atomic E-state index is 8.68. The van der Waals surface area contributed by atoms with Gasteiger partial charge in [-0.3, -0.25) is 0 Å². The molecular formula is C10H20N4. The van der Waals surface area contributed by atoms with Crippen LogP contribution < -0.4 is 16.8 Å². The van der Waals surface area contributed by atoms with Crippen molar-refractivity contribution in [1.29, 1.82) is 5.26 Å². The molecule has 4 heteroatoms. The molecule has 14 heavy (non-hydrogen) atoms. The fraction of sp³-hybridized carbons (Fsp3) is 0.700. The number of nitriles is 1. The largest absolute Gasteiger partial charge is 0.389 e. The summed E-state index contributed by atoms with van der Waals surface area (Å²) in [6.45, 7) is 7.08. The molecule has 0 aromatic rings. The smallest absolute Gasteiger partial charge is 0.101 e. The van der Waals surface area contributed by atoms with Crippen LogP contribution in [0.3, 0.4) is 0 Å². The average Bonchev–Trinajstić information content (AvgIpc) is 2.16. The highest BCUT2D eigenvalue weighted by molar-refractivity contribution is 5.04. The second kappa shape index (κ2) is 6.41. The normalized spacial score (nSPS) is 14.1. The fourth-order valence-electron chi connectivity index (χ4n) is 0.922. The van der Waals surface area contributed by atoms with Crippen LogP contribution in [0.5, 0.6) is 0 Å². The second-order valence-corrected chi connectivity index (χ2v) is 3.70. The van der Waals surface area contributed by atoms with Crippen molar-refractivity contribution in [3.8, 4) is 6.07 Å². The lowest BCUT2D eigenvalue weighted by Gasteiger charge is -2.16. The zero-order valence-corrected chi connectivity index (χ0v) is 8.84. The molecule has 80 valence electrons. The van der Waals surface area contributed by atoms with E-state index < -0.39 is 5.54 Å². The molecule has 5 N–H and O–H groups in total. The van der Waals surface area contributed by atoms with Crippen molar-refractivity contribution in [1.82, 2.24) is 5.32 Å². The molecular weight excluding hydrogens is 176 g/mol. The Bertz CT molecular complexity index is 215. The standard InChI is InChI=1S/C10H20N4/c1-9(14-7-3-6-11)4-5-10(2,13)8-12/h14H,1,3-7,11,13H2,2H3. The Hall–Kier alpha value is -1.05. The molecule has 0 aromatic carbocycles. The molecule has 0 radical (unpaired) electrons. The first-order valence-corrected chi connectivity index (χ1v) is 4.83. The maximum Gasteiger partial charge on any atom is 0.101 e. The van der Waals surface area contributed by atoms with Crippen molar-refractivity contribution >= 4 is 0 Å². The van der Waals surface area contributed by atoms with Crippen LogP contribution in [0, 0.1) is 11.3 Å². The van der Waals surface area contributed by atoms with E-state index in [1.807, 2.05) is 0 Å². The molecule has 1 unspecified atom stereocenters. The minimum Gasteiger partial charge on any atom is -0.389 e. The molecule has 4 nitrogen and oxygen atoms in total. The second-order valence-electron chi connectivity index (χ2n) is 3.70. The number of hydrogen-bond acceptors (Lipinski definition) is 4. The summed E-state index contributed by atoms with van der Waals surface area (Å²) in [4.78, 5) is 0. The van der Waals surface area contributed by atoms with Crippen molar-refractivity contribution in [3.05, 3.63) is 12.3 Å². The van der Waals surface area contributed by atoms with Crippen LogP contribution in [0.2, 0.25) is 0 Å². The van der Waals surface area contributed by atoms with Gasteiger partial charge in [0.2, 0.25) is 0 Å². The Morgan fingerprint density at radius 1 is 1.64 bits per heavy atom. The van der Waals surface area contributed by atoms with E-state index in [4.69, 9.17) is 16.7 Å². The predicted molar refractivity (Wildman–Crippen MR) is 58.3 cm³/mol. The highest BCUT2D eigenvalue weighted by Gasteiger charge is 2.16. The SMILES string of the molecule is C=C(CCC(C)(N)C#N)NCCCN. The molecule has 0 aliphatic rings. The molecule has 0 aliphatic heterocycles. The van der Waals surface area contributed by atoms with Crippen molar-refractivity contribution in [2.75, 3.05) is 13.1 Å². The van der Waals surface area contributed by atoms with Gasteiger partial charge in [0.15, 0.2) is 0 Å². The van der Waals surface area contributed by atoms with E-state index in [0.29, 0.717) is 13.0 Å². The number of nitrogens with zero attached hydrogens (tertiary/aromatic N) is 1. The fourth-order valence-corrected chi connectivity index (χ4v) is 0.922. The van der Waals surface area contributed by atoms with Crippen molar-refractivity contribution in [2.45, 2.75) is 31.7 Å². The van der Waals surface area contributed by atoms with E-state index >= 15 is 0 Å². The van der Waals surface area contributed by atoms with E-state index in [2.05, 4.69) is 18.0 Å². The molecule has 0 bridgehead atoms. The van der Waals surface area contributed by atoms with Gasteiger partial charge in [-0.25, -0.2) is 0 Å². The number of allylic oxidation sites excluding steroid dienone is 1. The lowest BCUT2D eigenvalue weighted by molar-refractivity contribution is 0.532. The summed E-state index contributed by atoms with van der Waals surface area (Å²) in [7, 11) is 0. The summed E-state index contributed by atoms with van der Waals surface area (Å²) >= 11 is 0. The third-order valence-electron chi connectivity index (χ3n) is 1.96. The Labute approximate surface area is 86.0 Å². The van der Waals surface area contributed by atoms with E-state index in [-0.39, 0.29) is 0 Å². The van der Waals surface area contributed by atoms with Gasteiger partial charge in [0, 0.05) is 12.2 Å². The molecule has 0 rings (SSSR count). The van der Waals surface area contributed by atoms with Gasteiger partial charge >= 0.3 is 0 Å². The van der Waals surface area contributed by atoms with Crippen molar-refractivity contribution < 1.29 is 0 Å². The first kappa shape index (κ1) is 12.9. The molecule has 0 saturated carbocycles. The molecule has 1 atom stereocenters. The van der Waals surface area contributed by atoms with E-state index in [1.165, 1.54) is 0 Å². The van der Waals surface area contributed by atoms with Crippen molar-refractivity contribution in [2.24, 2.45) is 11.5 Å². The summed E-state index contributed by atoms with van der Waals surface area (Å²) in [6, 6.07) is 2.05. The van der Waals surface area contributed by atoms with Crippen molar-refractivity contribution in [3.63, 3.8) is 0 Å². The lowest BCUT2D eigenvalue weighted by Crippen LogP contribution is -2.34. The van der Waals surface area contributed by atoms with Gasteiger partial charge in [0.05, 0.1) is 6.07 Å². The highest BCUT2D eigenvalue weighted by Crippen LogP contribution is 2.10. The Morgan fingerprint density at radius 3 is 2.79 bits per heavy atom. The Balaban J connectivity index is 3.60. The zero-order chi connectivity index (χ0) is 11.0. The zero-order valence-electron chi connectivity index (χ0n) is 8.84. The predicted octanol–water partition coefficient (Wildman–Crippen LogP) is 0.460. The third-order valence-corrected chi connectivity index (χ3v) is 1.96. The molecule has 0 heterocycles. The van der Waals surface area contributed by atoms with Crippen LogP contribution in [0.4, 0.5) is 0 Å². The van der Waals surface area contributed by atoms with E-state index in [1.54, 1.807) is 6.92 Å². The van der Waals surface area contributed by atoms with Crippen LogP contribution in [0.15, 0.2) is 12.3 Å². The van der Waals surface area contributed by atoms with Gasteiger partial charge < -0.3 is 16.8 Å². The number of nitrogens with two attached hydrogens (primary N) is 2. The first-order valence-electron chi connectivity index (χ1n) is 4.83. The van der Waals surface area contributed by atoms with Crippen LogP contribution in [-0.2, 0) is 0 Å². The highest BCUT2D eigenvalue weighted by atomic mass is 14.9. The Kier molecular flexibility index (Phi) is 5.93. The van der Waals surface area contributed by atoms with Crippen LogP contribution in [0.25, 0.3) is 0 Å². The molecule has 0 aliphatic carbocycles. The summed E-state index contributed by atoms with van der Waals surface area (Å²) in [6.07, 6.45) is 2.28. The molecule has 0 saturated heterocycles. The minimum absolute atomic E-state index is 0.623.